The molecule has 136 valence electrons. The van der Waals surface area contributed by atoms with Gasteiger partial charge in [-0.15, -0.1) is 0 Å². The summed E-state index contributed by atoms with van der Waals surface area (Å²) in [5.74, 6) is 1.86. The van der Waals surface area contributed by atoms with Gasteiger partial charge in [-0.05, 0) is 59.2 Å². The van der Waals surface area contributed by atoms with Crippen molar-refractivity contribution in [2.24, 2.45) is 7.05 Å². The van der Waals surface area contributed by atoms with E-state index < -0.39 is 6.10 Å². The van der Waals surface area contributed by atoms with Gasteiger partial charge in [0.05, 0.1) is 27.4 Å². The summed E-state index contributed by atoms with van der Waals surface area (Å²) in [5, 5.41) is 11.9. The molecule has 4 rings (SSSR count). The van der Waals surface area contributed by atoms with Crippen LogP contribution >= 0.6 is 0 Å². The van der Waals surface area contributed by atoms with Crippen molar-refractivity contribution >= 4 is 10.9 Å². The average molecular weight is 353 g/mol. The van der Waals surface area contributed by atoms with Crippen LogP contribution in [0.1, 0.15) is 23.7 Å². The Hall–Kier alpha value is -2.66. The van der Waals surface area contributed by atoms with Crippen molar-refractivity contribution in [3.8, 4) is 28.4 Å². The molecule has 0 radical (unpaired) electrons. The summed E-state index contributed by atoms with van der Waals surface area (Å²) < 4.78 is 18.9. The molecule has 5 heteroatoms. The summed E-state index contributed by atoms with van der Waals surface area (Å²) >= 11 is 0. The second kappa shape index (κ2) is 6.25. The average Bonchev–Trinajstić information content (AvgIpc) is 2.96. The lowest BCUT2D eigenvalue weighted by molar-refractivity contribution is 0.169. The first-order valence-electron chi connectivity index (χ1n) is 8.68. The van der Waals surface area contributed by atoms with Gasteiger partial charge in [-0.25, -0.2) is 0 Å². The highest BCUT2D eigenvalue weighted by Gasteiger charge is 2.28. The molecule has 0 amide bonds. The van der Waals surface area contributed by atoms with E-state index in [2.05, 4.69) is 22.8 Å². The first-order valence-corrected chi connectivity index (χ1v) is 8.68. The van der Waals surface area contributed by atoms with E-state index in [4.69, 9.17) is 14.2 Å². The quantitative estimate of drug-likeness (QED) is 0.777. The number of aromatic nitrogens is 1. The second-order valence-electron chi connectivity index (χ2n) is 6.66. The highest BCUT2D eigenvalue weighted by molar-refractivity contribution is 5.91. The summed E-state index contributed by atoms with van der Waals surface area (Å²) in [7, 11) is 6.89. The lowest BCUT2D eigenvalue weighted by Crippen LogP contribution is -2.01. The molecule has 0 aliphatic heterocycles. The molecule has 1 unspecified atom stereocenters. The molecule has 5 nitrogen and oxygen atoms in total. The van der Waals surface area contributed by atoms with Gasteiger partial charge in [0.25, 0.3) is 0 Å². The number of fused-ring (bicyclic) bond motifs is 4. The molecular weight excluding hydrogens is 330 g/mol. The molecule has 3 aromatic rings. The normalized spacial score (nSPS) is 16.0. The summed E-state index contributed by atoms with van der Waals surface area (Å²) in [5.41, 5.74) is 5.08. The van der Waals surface area contributed by atoms with Crippen LogP contribution in [0.15, 0.2) is 30.5 Å². The van der Waals surface area contributed by atoms with Gasteiger partial charge in [0.2, 0.25) is 5.75 Å². The van der Waals surface area contributed by atoms with E-state index in [0.717, 1.165) is 39.6 Å². The van der Waals surface area contributed by atoms with Gasteiger partial charge >= 0.3 is 0 Å². The number of hydrogen-bond donors (Lipinski definition) is 1. The molecule has 0 spiro atoms. The largest absolute Gasteiger partial charge is 0.493 e. The van der Waals surface area contributed by atoms with Gasteiger partial charge in [0.1, 0.15) is 0 Å². The first kappa shape index (κ1) is 16.8. The lowest BCUT2D eigenvalue weighted by Gasteiger charge is -2.20. The first-order chi connectivity index (χ1) is 12.6. The van der Waals surface area contributed by atoms with Gasteiger partial charge in [-0.1, -0.05) is 0 Å². The third-order valence-electron chi connectivity index (χ3n) is 5.28. The Labute approximate surface area is 152 Å². The molecule has 26 heavy (non-hydrogen) atoms. The number of methoxy groups -OCH3 is 3. The fraction of sp³-hybridized carbons (Fsp3) is 0.333. The van der Waals surface area contributed by atoms with Crippen molar-refractivity contribution in [1.82, 2.24) is 4.57 Å². The van der Waals surface area contributed by atoms with Crippen LogP contribution in [-0.4, -0.2) is 31.0 Å². The van der Waals surface area contributed by atoms with Crippen LogP contribution in [0.5, 0.6) is 17.2 Å². The van der Waals surface area contributed by atoms with E-state index in [1.807, 2.05) is 19.3 Å². The van der Waals surface area contributed by atoms with Crippen LogP contribution in [0.3, 0.4) is 0 Å². The van der Waals surface area contributed by atoms with Crippen LogP contribution in [0, 0.1) is 0 Å². The number of aliphatic hydroxyl groups is 1. The lowest BCUT2D eigenvalue weighted by atomic mass is 9.93. The van der Waals surface area contributed by atoms with E-state index in [-0.39, 0.29) is 0 Å². The van der Waals surface area contributed by atoms with Gasteiger partial charge in [0.15, 0.2) is 11.5 Å². The smallest absolute Gasteiger partial charge is 0.203 e. The minimum Gasteiger partial charge on any atom is -0.493 e. The van der Waals surface area contributed by atoms with Gasteiger partial charge in [-0.3, -0.25) is 0 Å². The topological polar surface area (TPSA) is 52.9 Å². The van der Waals surface area contributed by atoms with E-state index in [1.165, 1.54) is 0 Å². The van der Waals surface area contributed by atoms with E-state index in [0.29, 0.717) is 23.7 Å². The monoisotopic (exact) mass is 353 g/mol. The zero-order valence-electron chi connectivity index (χ0n) is 15.5. The SMILES string of the molecule is COc1cc2c(c(OC)c1OC)-c1cc3c(ccn3C)cc1C(O)CC2. The minimum absolute atomic E-state index is 0.524. The molecule has 0 bridgehead atoms. The van der Waals surface area contributed by atoms with Crippen LogP contribution in [0.2, 0.25) is 0 Å². The summed E-state index contributed by atoms with van der Waals surface area (Å²) in [6.07, 6.45) is 2.89. The molecule has 0 saturated heterocycles. The molecule has 1 aliphatic carbocycles. The maximum Gasteiger partial charge on any atom is 0.203 e. The van der Waals surface area contributed by atoms with Crippen molar-refractivity contribution in [1.29, 1.82) is 0 Å². The number of aryl methyl sites for hydroxylation is 2. The number of aliphatic hydroxyl groups excluding tert-OH is 1. The minimum atomic E-state index is -0.524. The highest BCUT2D eigenvalue weighted by Crippen LogP contribution is 2.51. The molecular formula is C21H23NO4. The standard InChI is InChI=1S/C21H23NO4/c1-22-8-7-12-9-14-15(11-16(12)22)19-13(5-6-17(14)23)10-18(24-2)20(25-3)21(19)26-4/h7-11,17,23H,5-6H2,1-4H3. The van der Waals surface area contributed by atoms with Gasteiger partial charge in [-0.2, -0.15) is 0 Å². The number of hydrogen-bond acceptors (Lipinski definition) is 4. The second-order valence-corrected chi connectivity index (χ2v) is 6.66. The Balaban J connectivity index is 2.11. The number of nitrogens with zero attached hydrogens (tertiary/aromatic N) is 1. The van der Waals surface area contributed by atoms with Crippen LogP contribution in [-0.2, 0) is 13.5 Å². The summed E-state index contributed by atoms with van der Waals surface area (Å²) in [6.45, 7) is 0. The van der Waals surface area contributed by atoms with Crippen molar-refractivity contribution < 1.29 is 19.3 Å². The predicted molar refractivity (Wildman–Crippen MR) is 101 cm³/mol. The molecule has 1 N–H and O–H groups in total. The predicted octanol–water partition coefficient (Wildman–Crippen LogP) is 3.85. The Kier molecular flexibility index (Phi) is 4.04. The van der Waals surface area contributed by atoms with Crippen LogP contribution in [0.25, 0.3) is 22.0 Å². The van der Waals surface area contributed by atoms with Gasteiger partial charge < -0.3 is 23.9 Å². The van der Waals surface area contributed by atoms with Crippen molar-refractivity contribution in [2.45, 2.75) is 18.9 Å². The van der Waals surface area contributed by atoms with Crippen LogP contribution in [0.4, 0.5) is 0 Å². The van der Waals surface area contributed by atoms with Gasteiger partial charge in [0, 0.05) is 24.3 Å². The Morgan fingerprint density at radius 3 is 2.50 bits per heavy atom. The van der Waals surface area contributed by atoms with Crippen molar-refractivity contribution in [3.63, 3.8) is 0 Å². The van der Waals surface area contributed by atoms with Crippen LogP contribution < -0.4 is 14.2 Å². The van der Waals surface area contributed by atoms with Crippen molar-refractivity contribution in [3.05, 3.63) is 41.6 Å². The third kappa shape index (κ3) is 2.35. The maximum atomic E-state index is 10.8. The summed E-state index contributed by atoms with van der Waals surface area (Å²) in [4.78, 5) is 0. The molecule has 1 aromatic heterocycles. The van der Waals surface area contributed by atoms with E-state index >= 15 is 0 Å². The fourth-order valence-electron chi connectivity index (χ4n) is 3.97. The van der Waals surface area contributed by atoms with Crippen molar-refractivity contribution in [2.75, 3.05) is 21.3 Å². The Bertz CT molecular complexity index is 990. The van der Waals surface area contributed by atoms with E-state index in [1.54, 1.807) is 21.3 Å². The molecule has 1 heterocycles. The Morgan fingerprint density at radius 1 is 1.04 bits per heavy atom. The molecule has 1 aliphatic rings. The molecule has 0 saturated carbocycles. The number of benzene rings is 2. The number of ether oxygens (including phenoxy) is 3. The maximum absolute atomic E-state index is 10.8. The third-order valence-corrected chi connectivity index (χ3v) is 5.28. The zero-order chi connectivity index (χ0) is 18.4. The molecule has 1 atom stereocenters. The van der Waals surface area contributed by atoms with E-state index in [9.17, 15) is 5.11 Å². The molecule has 0 fully saturated rings. The Morgan fingerprint density at radius 2 is 1.81 bits per heavy atom. The number of rotatable bonds is 3. The highest BCUT2D eigenvalue weighted by atomic mass is 16.5. The molecule has 2 aromatic carbocycles. The zero-order valence-corrected chi connectivity index (χ0v) is 15.5. The summed E-state index contributed by atoms with van der Waals surface area (Å²) in [6, 6.07) is 8.28. The fourth-order valence-corrected chi connectivity index (χ4v) is 3.97.